The van der Waals surface area contributed by atoms with E-state index in [-0.39, 0.29) is 16.8 Å². The zero-order valence-corrected chi connectivity index (χ0v) is 18.0. The predicted molar refractivity (Wildman–Crippen MR) is 113 cm³/mol. The number of aromatic nitrogens is 2. The summed E-state index contributed by atoms with van der Waals surface area (Å²) in [6.07, 6.45) is 2.26. The molecule has 3 aromatic rings. The lowest BCUT2D eigenvalue weighted by Gasteiger charge is -2.14. The minimum Gasteiger partial charge on any atom is -0.345 e. The van der Waals surface area contributed by atoms with Crippen LogP contribution in [0, 0.1) is 13.8 Å². The first kappa shape index (κ1) is 19.9. The van der Waals surface area contributed by atoms with Gasteiger partial charge in [0.2, 0.25) is 10.0 Å². The molecule has 0 aliphatic heterocycles. The molecule has 0 unspecified atom stereocenters. The molecule has 1 aliphatic carbocycles. The standard InChI is InChI=1S/C20H22N4O3S2/c1-10-16-12(3)22-18(14-4-5-14)24-20(16)28-17(10)19(25)23-11(2)13-6-8-15(9-7-13)29(21,26)27/h6-9,11,14H,4-5H2,1-3H3,(H,23,25)(H2,21,26,27)/t11-/m0/s1. The number of sulfonamides is 1. The van der Waals surface area contributed by atoms with Gasteiger partial charge in [-0.2, -0.15) is 0 Å². The number of aryl methyl sites for hydroxylation is 2. The number of fused-ring (bicyclic) bond motifs is 1. The van der Waals surface area contributed by atoms with Crippen molar-refractivity contribution in [1.82, 2.24) is 15.3 Å². The zero-order chi connectivity index (χ0) is 20.9. The Morgan fingerprint density at radius 3 is 2.45 bits per heavy atom. The van der Waals surface area contributed by atoms with E-state index in [1.54, 1.807) is 12.1 Å². The number of nitrogens with one attached hydrogen (secondary N) is 1. The number of benzene rings is 1. The Morgan fingerprint density at radius 1 is 1.21 bits per heavy atom. The summed E-state index contributed by atoms with van der Waals surface area (Å²) >= 11 is 1.39. The van der Waals surface area contributed by atoms with Crippen molar-refractivity contribution in [2.45, 2.75) is 50.5 Å². The molecule has 29 heavy (non-hydrogen) atoms. The van der Waals surface area contributed by atoms with Gasteiger partial charge in [0.1, 0.15) is 10.7 Å². The molecule has 1 aromatic carbocycles. The summed E-state index contributed by atoms with van der Waals surface area (Å²) in [5.41, 5.74) is 2.59. The lowest BCUT2D eigenvalue weighted by atomic mass is 10.1. The van der Waals surface area contributed by atoms with Crippen LogP contribution in [0.1, 0.15) is 64.0 Å². The van der Waals surface area contributed by atoms with Crippen LogP contribution in [0.5, 0.6) is 0 Å². The first-order valence-corrected chi connectivity index (χ1v) is 11.7. The Hall–Kier alpha value is -2.36. The normalized spacial score (nSPS) is 15.4. The number of nitrogens with two attached hydrogens (primary N) is 1. The fourth-order valence-electron chi connectivity index (χ4n) is 3.39. The van der Waals surface area contributed by atoms with E-state index in [9.17, 15) is 13.2 Å². The van der Waals surface area contributed by atoms with Gasteiger partial charge < -0.3 is 5.32 Å². The number of rotatable bonds is 5. The molecule has 7 nitrogen and oxygen atoms in total. The molecule has 1 fully saturated rings. The summed E-state index contributed by atoms with van der Waals surface area (Å²) in [6.45, 7) is 5.74. The van der Waals surface area contributed by atoms with Crippen LogP contribution in [0.3, 0.4) is 0 Å². The molecule has 0 spiro atoms. The molecule has 4 rings (SSSR count). The minimum atomic E-state index is -3.74. The van der Waals surface area contributed by atoms with Gasteiger partial charge in [-0.25, -0.2) is 23.5 Å². The average Bonchev–Trinajstić information content (AvgIpc) is 3.45. The van der Waals surface area contributed by atoms with Gasteiger partial charge in [-0.3, -0.25) is 4.79 Å². The van der Waals surface area contributed by atoms with E-state index in [4.69, 9.17) is 10.1 Å². The highest BCUT2D eigenvalue weighted by molar-refractivity contribution is 7.89. The van der Waals surface area contributed by atoms with Crippen LogP contribution in [0.2, 0.25) is 0 Å². The Kier molecular flexibility index (Phi) is 4.92. The second-order valence-corrected chi connectivity index (χ2v) is 10.0. The Balaban J connectivity index is 1.58. The first-order chi connectivity index (χ1) is 13.6. The van der Waals surface area contributed by atoms with Gasteiger partial charge in [0, 0.05) is 11.3 Å². The summed E-state index contributed by atoms with van der Waals surface area (Å²) < 4.78 is 22.8. The van der Waals surface area contributed by atoms with Crippen molar-refractivity contribution >= 4 is 37.5 Å². The third-order valence-electron chi connectivity index (χ3n) is 5.19. The van der Waals surface area contributed by atoms with Crippen LogP contribution in [-0.2, 0) is 10.0 Å². The van der Waals surface area contributed by atoms with E-state index < -0.39 is 10.0 Å². The number of hydrogen-bond acceptors (Lipinski definition) is 6. The number of hydrogen-bond donors (Lipinski definition) is 2. The number of carbonyl (C=O) groups excluding carboxylic acids is 1. The van der Waals surface area contributed by atoms with Crippen molar-refractivity contribution in [2.75, 3.05) is 0 Å². The maximum absolute atomic E-state index is 12.9. The van der Waals surface area contributed by atoms with Crippen molar-refractivity contribution in [3.63, 3.8) is 0 Å². The van der Waals surface area contributed by atoms with E-state index in [2.05, 4.69) is 10.3 Å². The minimum absolute atomic E-state index is 0.0423. The molecule has 0 bridgehead atoms. The van der Waals surface area contributed by atoms with E-state index in [0.717, 1.165) is 45.7 Å². The molecular weight excluding hydrogens is 408 g/mol. The molecule has 0 radical (unpaired) electrons. The smallest absolute Gasteiger partial charge is 0.262 e. The molecular formula is C20H22N4O3S2. The SMILES string of the molecule is Cc1nc(C2CC2)nc2sc(C(=O)N[C@@H](C)c3ccc(S(N)(=O)=O)cc3)c(C)c12. The van der Waals surface area contributed by atoms with E-state index in [1.807, 2.05) is 20.8 Å². The first-order valence-electron chi connectivity index (χ1n) is 9.36. The fourth-order valence-corrected chi connectivity index (χ4v) is 5.05. The number of amides is 1. The molecule has 1 saturated carbocycles. The Labute approximate surface area is 173 Å². The summed E-state index contributed by atoms with van der Waals surface area (Å²) in [6, 6.07) is 5.89. The van der Waals surface area contributed by atoms with E-state index >= 15 is 0 Å². The summed E-state index contributed by atoms with van der Waals surface area (Å²) in [5, 5.41) is 9.07. The molecule has 2 heterocycles. The summed E-state index contributed by atoms with van der Waals surface area (Å²) in [7, 11) is -3.74. The number of thiophene rings is 1. The highest BCUT2D eigenvalue weighted by Crippen LogP contribution is 2.40. The topological polar surface area (TPSA) is 115 Å². The molecule has 152 valence electrons. The van der Waals surface area contributed by atoms with Crippen LogP contribution in [0.25, 0.3) is 10.2 Å². The maximum atomic E-state index is 12.9. The highest BCUT2D eigenvalue weighted by atomic mass is 32.2. The largest absolute Gasteiger partial charge is 0.345 e. The molecule has 0 saturated heterocycles. The Morgan fingerprint density at radius 2 is 1.86 bits per heavy atom. The highest BCUT2D eigenvalue weighted by Gasteiger charge is 2.28. The molecule has 1 aliphatic rings. The average molecular weight is 431 g/mol. The summed E-state index contributed by atoms with van der Waals surface area (Å²) in [4.78, 5) is 23.8. The van der Waals surface area contributed by atoms with Gasteiger partial charge in [0.25, 0.3) is 5.91 Å². The van der Waals surface area contributed by atoms with Gasteiger partial charge in [0.05, 0.1) is 21.5 Å². The number of primary sulfonamides is 1. The van der Waals surface area contributed by atoms with Gasteiger partial charge in [-0.05, 0) is 56.9 Å². The van der Waals surface area contributed by atoms with Crippen molar-refractivity contribution in [3.05, 3.63) is 51.8 Å². The van der Waals surface area contributed by atoms with Gasteiger partial charge in [-0.1, -0.05) is 12.1 Å². The van der Waals surface area contributed by atoms with Crippen LogP contribution in [0.4, 0.5) is 0 Å². The number of nitrogens with zero attached hydrogens (tertiary/aromatic N) is 2. The number of carbonyl (C=O) groups is 1. The van der Waals surface area contributed by atoms with E-state index in [1.165, 1.54) is 23.5 Å². The lowest BCUT2D eigenvalue weighted by Crippen LogP contribution is -2.26. The van der Waals surface area contributed by atoms with Crippen molar-refractivity contribution < 1.29 is 13.2 Å². The second kappa shape index (κ2) is 7.16. The predicted octanol–water partition coefficient (Wildman–Crippen LogP) is 3.32. The molecule has 3 N–H and O–H groups in total. The van der Waals surface area contributed by atoms with Crippen molar-refractivity contribution in [1.29, 1.82) is 0 Å². The zero-order valence-electron chi connectivity index (χ0n) is 16.4. The van der Waals surface area contributed by atoms with Gasteiger partial charge in [0.15, 0.2) is 0 Å². The van der Waals surface area contributed by atoms with E-state index in [0.29, 0.717) is 10.8 Å². The van der Waals surface area contributed by atoms with Gasteiger partial charge >= 0.3 is 0 Å². The van der Waals surface area contributed by atoms with Crippen LogP contribution >= 0.6 is 11.3 Å². The van der Waals surface area contributed by atoms with Crippen LogP contribution in [0.15, 0.2) is 29.2 Å². The molecule has 1 atom stereocenters. The third-order valence-corrected chi connectivity index (χ3v) is 7.31. The van der Waals surface area contributed by atoms with Crippen molar-refractivity contribution in [3.8, 4) is 0 Å². The molecule has 1 amide bonds. The van der Waals surface area contributed by atoms with Crippen LogP contribution < -0.4 is 10.5 Å². The second-order valence-electron chi connectivity index (χ2n) is 7.49. The Bertz CT molecular complexity index is 1210. The van der Waals surface area contributed by atoms with Crippen LogP contribution in [-0.4, -0.2) is 24.3 Å². The third kappa shape index (κ3) is 3.90. The molecule has 9 heteroatoms. The van der Waals surface area contributed by atoms with Gasteiger partial charge in [-0.15, -0.1) is 11.3 Å². The molecule has 2 aromatic heterocycles. The summed E-state index contributed by atoms with van der Waals surface area (Å²) in [5.74, 6) is 1.16. The van der Waals surface area contributed by atoms with Crippen molar-refractivity contribution in [2.24, 2.45) is 5.14 Å². The fraction of sp³-hybridized carbons (Fsp3) is 0.350. The maximum Gasteiger partial charge on any atom is 0.262 e. The lowest BCUT2D eigenvalue weighted by molar-refractivity contribution is 0.0943. The quantitative estimate of drug-likeness (QED) is 0.644. The monoisotopic (exact) mass is 430 g/mol.